The van der Waals surface area contributed by atoms with Crippen LogP contribution < -0.4 is 0 Å². The molecule has 2 rings (SSSR count). The number of Topliss-reactive ketones (excluding diaryl/α,β-unsaturated/α-hetero) is 1. The molecule has 20 heavy (non-hydrogen) atoms. The molecule has 0 aliphatic carbocycles. The molecule has 0 amide bonds. The molecule has 0 fully saturated rings. The summed E-state index contributed by atoms with van der Waals surface area (Å²) in [6.07, 6.45) is -0.579. The van der Waals surface area contributed by atoms with E-state index >= 15 is 0 Å². The molecule has 0 saturated heterocycles. The first-order valence-electron chi connectivity index (χ1n) is 5.78. The van der Waals surface area contributed by atoms with Gasteiger partial charge in [-0.1, -0.05) is 30.3 Å². The number of ketones is 1. The van der Waals surface area contributed by atoms with E-state index < -0.39 is 29.8 Å². The predicted molar refractivity (Wildman–Crippen MR) is 68.4 cm³/mol. The molecule has 0 heterocycles. The highest BCUT2D eigenvalue weighted by Crippen LogP contribution is 2.22. The average Bonchev–Trinajstić information content (AvgIpc) is 2.41. The van der Waals surface area contributed by atoms with Gasteiger partial charge < -0.3 is 5.11 Å². The van der Waals surface area contributed by atoms with Crippen molar-refractivity contribution < 1.29 is 23.5 Å². The van der Waals surface area contributed by atoms with Gasteiger partial charge in [0.05, 0.1) is 0 Å². The van der Waals surface area contributed by atoms with Crippen LogP contribution in [0.4, 0.5) is 8.78 Å². The number of carbonyl (C=O) groups is 2. The Hall–Kier alpha value is -2.56. The summed E-state index contributed by atoms with van der Waals surface area (Å²) in [6, 6.07) is 9.54. The van der Waals surface area contributed by atoms with Crippen molar-refractivity contribution in [2.24, 2.45) is 0 Å². The van der Waals surface area contributed by atoms with Gasteiger partial charge in [-0.05, 0) is 23.3 Å². The number of benzene rings is 2. The van der Waals surface area contributed by atoms with E-state index in [1.165, 1.54) is 18.2 Å². The standard InChI is InChI=1S/C15H10F2O3/c16-12-6-5-11(7-13(12)17)9-1-3-10(4-2-9)14(18)8-15(19)20/h1-7H,8H2,(H,19,20). The van der Waals surface area contributed by atoms with Crippen LogP contribution in [0.1, 0.15) is 16.8 Å². The van der Waals surface area contributed by atoms with Crippen LogP contribution in [0, 0.1) is 11.6 Å². The number of rotatable bonds is 4. The van der Waals surface area contributed by atoms with Gasteiger partial charge in [-0.15, -0.1) is 0 Å². The number of hydrogen-bond acceptors (Lipinski definition) is 2. The lowest BCUT2D eigenvalue weighted by Gasteiger charge is -2.04. The predicted octanol–water partition coefficient (Wildman–Crippen LogP) is 3.29. The summed E-state index contributed by atoms with van der Waals surface area (Å²) in [7, 11) is 0. The van der Waals surface area contributed by atoms with E-state index in [1.54, 1.807) is 12.1 Å². The Morgan fingerprint density at radius 1 is 0.900 bits per heavy atom. The summed E-state index contributed by atoms with van der Waals surface area (Å²) in [5.74, 6) is -3.58. The van der Waals surface area contributed by atoms with E-state index in [9.17, 15) is 18.4 Å². The average molecular weight is 276 g/mol. The number of carboxylic acids is 1. The molecular formula is C15H10F2O3. The lowest BCUT2D eigenvalue weighted by atomic mass is 10.0. The second-order valence-corrected chi connectivity index (χ2v) is 4.20. The van der Waals surface area contributed by atoms with Gasteiger partial charge in [0.2, 0.25) is 0 Å². The maximum atomic E-state index is 13.1. The van der Waals surface area contributed by atoms with Crippen molar-refractivity contribution in [1.29, 1.82) is 0 Å². The maximum Gasteiger partial charge on any atom is 0.311 e. The van der Waals surface area contributed by atoms with E-state index in [-0.39, 0.29) is 5.56 Å². The van der Waals surface area contributed by atoms with Crippen molar-refractivity contribution in [1.82, 2.24) is 0 Å². The Labute approximate surface area is 113 Å². The smallest absolute Gasteiger partial charge is 0.311 e. The molecule has 1 N–H and O–H groups in total. The lowest BCUT2D eigenvalue weighted by molar-refractivity contribution is -0.135. The summed E-state index contributed by atoms with van der Waals surface area (Å²) in [5, 5.41) is 8.54. The number of halogens is 2. The molecule has 0 bridgehead atoms. The zero-order chi connectivity index (χ0) is 14.7. The molecule has 3 nitrogen and oxygen atoms in total. The van der Waals surface area contributed by atoms with Gasteiger partial charge in [0.25, 0.3) is 0 Å². The molecular weight excluding hydrogens is 266 g/mol. The van der Waals surface area contributed by atoms with Gasteiger partial charge in [0, 0.05) is 5.56 Å². The van der Waals surface area contributed by atoms with Gasteiger partial charge >= 0.3 is 5.97 Å². The molecule has 0 spiro atoms. The first-order chi connectivity index (χ1) is 9.47. The minimum absolute atomic E-state index is 0.263. The topological polar surface area (TPSA) is 54.4 Å². The van der Waals surface area contributed by atoms with Crippen LogP contribution in [0.5, 0.6) is 0 Å². The third-order valence-corrected chi connectivity index (χ3v) is 2.77. The number of carbonyl (C=O) groups excluding carboxylic acids is 1. The van der Waals surface area contributed by atoms with E-state index in [2.05, 4.69) is 0 Å². The number of aliphatic carboxylic acids is 1. The fraction of sp³-hybridized carbons (Fsp3) is 0.0667. The second-order valence-electron chi connectivity index (χ2n) is 4.20. The SMILES string of the molecule is O=C(O)CC(=O)c1ccc(-c2ccc(F)c(F)c2)cc1. The summed E-state index contributed by atoms with van der Waals surface area (Å²) in [4.78, 5) is 22.0. The van der Waals surface area contributed by atoms with Gasteiger partial charge in [-0.3, -0.25) is 9.59 Å². The van der Waals surface area contributed by atoms with Crippen LogP contribution in [0.2, 0.25) is 0 Å². The monoisotopic (exact) mass is 276 g/mol. The maximum absolute atomic E-state index is 13.1. The Balaban J connectivity index is 2.25. The highest BCUT2D eigenvalue weighted by Gasteiger charge is 2.11. The van der Waals surface area contributed by atoms with E-state index in [0.29, 0.717) is 11.1 Å². The minimum atomic E-state index is -1.19. The molecule has 0 atom stereocenters. The second kappa shape index (κ2) is 5.61. The van der Waals surface area contributed by atoms with Crippen molar-refractivity contribution in [2.45, 2.75) is 6.42 Å². The van der Waals surface area contributed by atoms with Gasteiger partial charge in [-0.2, -0.15) is 0 Å². The molecule has 0 saturated carbocycles. The molecule has 0 aromatic heterocycles. The summed E-state index contributed by atoms with van der Waals surface area (Å²) in [5.41, 5.74) is 1.34. The normalized spacial score (nSPS) is 10.3. The number of hydrogen-bond donors (Lipinski definition) is 1. The highest BCUT2D eigenvalue weighted by molar-refractivity contribution is 6.05. The van der Waals surface area contributed by atoms with Crippen LogP contribution in [-0.4, -0.2) is 16.9 Å². The molecule has 0 aliphatic rings. The third-order valence-electron chi connectivity index (χ3n) is 2.77. The molecule has 102 valence electrons. The third kappa shape index (κ3) is 3.06. The molecule has 5 heteroatoms. The van der Waals surface area contributed by atoms with Crippen molar-refractivity contribution in [3.63, 3.8) is 0 Å². The summed E-state index contributed by atoms with van der Waals surface area (Å²) in [6.45, 7) is 0. The zero-order valence-electron chi connectivity index (χ0n) is 10.3. The largest absolute Gasteiger partial charge is 0.481 e. The van der Waals surface area contributed by atoms with E-state index in [4.69, 9.17) is 5.11 Å². The van der Waals surface area contributed by atoms with Crippen molar-refractivity contribution >= 4 is 11.8 Å². The fourth-order valence-electron chi connectivity index (χ4n) is 1.76. The number of carboxylic acid groups (broad SMARTS) is 1. The zero-order valence-corrected chi connectivity index (χ0v) is 10.3. The van der Waals surface area contributed by atoms with Gasteiger partial charge in [0.15, 0.2) is 17.4 Å². The van der Waals surface area contributed by atoms with Gasteiger partial charge in [0.1, 0.15) is 6.42 Å². The van der Waals surface area contributed by atoms with Crippen molar-refractivity contribution in [2.75, 3.05) is 0 Å². The Morgan fingerprint density at radius 3 is 2.05 bits per heavy atom. The lowest BCUT2D eigenvalue weighted by Crippen LogP contribution is -2.06. The molecule has 0 radical (unpaired) electrons. The van der Waals surface area contributed by atoms with E-state index in [0.717, 1.165) is 12.1 Å². The van der Waals surface area contributed by atoms with Crippen molar-refractivity contribution in [3.05, 3.63) is 59.7 Å². The van der Waals surface area contributed by atoms with Crippen LogP contribution in [0.15, 0.2) is 42.5 Å². The van der Waals surface area contributed by atoms with E-state index in [1.807, 2.05) is 0 Å². The molecule has 0 unspecified atom stereocenters. The first-order valence-corrected chi connectivity index (χ1v) is 5.78. The molecule has 2 aromatic rings. The summed E-state index contributed by atoms with van der Waals surface area (Å²) >= 11 is 0. The van der Waals surface area contributed by atoms with Crippen LogP contribution in [-0.2, 0) is 4.79 Å². The molecule has 0 aliphatic heterocycles. The molecule has 2 aromatic carbocycles. The minimum Gasteiger partial charge on any atom is -0.481 e. The summed E-state index contributed by atoms with van der Waals surface area (Å²) < 4.78 is 26.0. The van der Waals surface area contributed by atoms with Crippen LogP contribution in [0.25, 0.3) is 11.1 Å². The Bertz CT molecular complexity index is 663. The van der Waals surface area contributed by atoms with Crippen LogP contribution >= 0.6 is 0 Å². The van der Waals surface area contributed by atoms with Gasteiger partial charge in [-0.25, -0.2) is 8.78 Å². The first kappa shape index (κ1) is 13.9. The Morgan fingerprint density at radius 2 is 1.50 bits per heavy atom. The van der Waals surface area contributed by atoms with Crippen molar-refractivity contribution in [3.8, 4) is 11.1 Å². The fourth-order valence-corrected chi connectivity index (χ4v) is 1.76. The highest BCUT2D eigenvalue weighted by atomic mass is 19.2. The van der Waals surface area contributed by atoms with Crippen LogP contribution in [0.3, 0.4) is 0 Å². The Kier molecular flexibility index (Phi) is 3.89. The quantitative estimate of drug-likeness (QED) is 0.688.